The number of nitrogens with zero attached hydrogens (tertiary/aromatic N) is 1. The summed E-state index contributed by atoms with van der Waals surface area (Å²) in [6.07, 6.45) is 10.7. The Hall–Kier alpha value is -3.25. The van der Waals surface area contributed by atoms with Crippen molar-refractivity contribution in [2.45, 2.75) is 40.0 Å². The van der Waals surface area contributed by atoms with E-state index in [0.29, 0.717) is 13.0 Å². The van der Waals surface area contributed by atoms with Gasteiger partial charge >= 0.3 is 17.4 Å². The van der Waals surface area contributed by atoms with Crippen molar-refractivity contribution in [3.8, 4) is 5.75 Å². The van der Waals surface area contributed by atoms with Crippen LogP contribution in [-0.2, 0) is 10.1 Å². The molecule has 2 aromatic rings. The van der Waals surface area contributed by atoms with Gasteiger partial charge in [-0.3, -0.25) is 0 Å². The lowest BCUT2D eigenvalue weighted by atomic mass is 9.86. The van der Waals surface area contributed by atoms with E-state index in [-0.39, 0.29) is 17.1 Å². The Morgan fingerprint density at radius 3 is 2.30 bits per heavy atom. The Morgan fingerprint density at radius 2 is 1.73 bits per heavy atom. The molecular formula is C28H37BF4N2O4S. The molecule has 0 fully saturated rings. The Morgan fingerprint density at radius 1 is 1.07 bits per heavy atom. The summed E-state index contributed by atoms with van der Waals surface area (Å²) >= 11 is 0. The zero-order chi connectivity index (χ0) is 30.0. The molecule has 6 nitrogen and oxygen atoms in total. The lowest BCUT2D eigenvalue weighted by molar-refractivity contribution is 0.282. The summed E-state index contributed by atoms with van der Waals surface area (Å²) in [5.41, 5.74) is 2.97. The highest BCUT2D eigenvalue weighted by Gasteiger charge is 2.28. The number of benzene rings is 2. The van der Waals surface area contributed by atoms with Gasteiger partial charge in [-0.1, -0.05) is 57.2 Å². The molecule has 1 unspecified atom stereocenters. The second-order valence-electron chi connectivity index (χ2n) is 10.1. The van der Waals surface area contributed by atoms with E-state index in [1.54, 1.807) is 0 Å². The molecule has 1 aliphatic heterocycles. The van der Waals surface area contributed by atoms with Crippen molar-refractivity contribution < 1.29 is 35.0 Å². The Balaban J connectivity index is 0.00000103. The van der Waals surface area contributed by atoms with Gasteiger partial charge in [-0.2, -0.15) is 8.42 Å². The summed E-state index contributed by atoms with van der Waals surface area (Å²) in [5, 5.41) is 3.26. The number of hydrogen-bond acceptors (Lipinski definition) is 5. The van der Waals surface area contributed by atoms with E-state index in [2.05, 4.69) is 55.3 Å². The zero-order valence-corrected chi connectivity index (χ0v) is 23.9. The maximum Gasteiger partial charge on any atom is 0.673 e. The van der Waals surface area contributed by atoms with E-state index in [1.807, 2.05) is 61.7 Å². The standard InChI is InChI=1S/C28H36N2O4S.BF4/c1-5-30(18-11-19-35(31,32)33)24-15-16-25-22(20-27(28(2,3)4)34-26(25)21-24)12-9-10-17-29-23-13-7-6-8-14-23;2-1(3,4)5/h6-10,12-17,20-22,29H,5,11,18-19H2,1-4H3,(H,31,32,33);/q;-1/p+1/b12-9+,17-10+;. The molecule has 0 aromatic heterocycles. The van der Waals surface area contributed by atoms with Crippen molar-refractivity contribution in [2.75, 3.05) is 29.1 Å². The van der Waals surface area contributed by atoms with Crippen LogP contribution in [0.2, 0.25) is 0 Å². The summed E-state index contributed by atoms with van der Waals surface area (Å²) in [6.45, 7) is 9.75. The number of halogens is 4. The maximum absolute atomic E-state index is 11.2. The number of allylic oxidation sites excluding steroid dienone is 5. The van der Waals surface area contributed by atoms with Crippen LogP contribution in [0.3, 0.4) is 0 Å². The summed E-state index contributed by atoms with van der Waals surface area (Å²) in [4.78, 5) is 2.12. The molecule has 2 aromatic carbocycles. The van der Waals surface area contributed by atoms with Crippen LogP contribution in [0.1, 0.15) is 45.6 Å². The molecule has 0 spiro atoms. The van der Waals surface area contributed by atoms with Crippen LogP contribution >= 0.6 is 0 Å². The summed E-state index contributed by atoms with van der Waals surface area (Å²) in [7, 11) is -9.71. The number of ether oxygens (including phenoxy) is 1. The average Bonchev–Trinajstić information content (AvgIpc) is 2.84. The topological polar surface area (TPSA) is 81.5 Å². The number of para-hydroxylation sites is 1. The molecule has 0 aliphatic carbocycles. The summed E-state index contributed by atoms with van der Waals surface area (Å²) in [5.74, 6) is 1.68. The molecule has 1 aliphatic rings. The van der Waals surface area contributed by atoms with Crippen LogP contribution in [0.25, 0.3) is 0 Å². The molecule has 3 N–H and O–H groups in total. The van der Waals surface area contributed by atoms with Crippen molar-refractivity contribution in [2.24, 2.45) is 5.41 Å². The third-order valence-electron chi connectivity index (χ3n) is 5.78. The van der Waals surface area contributed by atoms with Crippen molar-refractivity contribution in [3.05, 3.63) is 90.4 Å². The van der Waals surface area contributed by atoms with E-state index in [4.69, 9.17) is 9.29 Å². The van der Waals surface area contributed by atoms with Gasteiger partial charge in [-0.05, 0) is 43.7 Å². The molecule has 0 saturated carbocycles. The molecular weight excluding hydrogens is 547 g/mol. The van der Waals surface area contributed by atoms with Gasteiger partial charge < -0.3 is 36.8 Å². The van der Waals surface area contributed by atoms with Gasteiger partial charge in [0.2, 0.25) is 0 Å². The van der Waals surface area contributed by atoms with Crippen LogP contribution < -0.4 is 15.0 Å². The Kier molecular flexibility index (Phi) is 11.9. The first-order valence-electron chi connectivity index (χ1n) is 12.9. The smallest absolute Gasteiger partial charge is 0.461 e. The van der Waals surface area contributed by atoms with E-state index in [9.17, 15) is 25.7 Å². The molecule has 3 rings (SSSR count). The average molecular weight is 584 g/mol. The van der Waals surface area contributed by atoms with Gasteiger partial charge in [0.05, 0.1) is 0 Å². The van der Waals surface area contributed by atoms with Crippen LogP contribution in [0.15, 0.2) is 84.8 Å². The zero-order valence-electron chi connectivity index (χ0n) is 23.1. The molecule has 0 bridgehead atoms. The van der Waals surface area contributed by atoms with Crippen molar-refractivity contribution in [3.63, 3.8) is 0 Å². The lowest BCUT2D eigenvalue weighted by Crippen LogP contribution is -2.26. The minimum Gasteiger partial charge on any atom is -0.461 e. The first kappa shape index (κ1) is 33.0. The van der Waals surface area contributed by atoms with E-state index >= 15 is 0 Å². The fourth-order valence-corrected chi connectivity index (χ4v) is 4.39. The van der Waals surface area contributed by atoms with E-state index in [0.717, 1.165) is 35.0 Å². The Bertz CT molecular complexity index is 1290. The fourth-order valence-electron chi connectivity index (χ4n) is 3.88. The van der Waals surface area contributed by atoms with Crippen LogP contribution in [0.4, 0.5) is 28.6 Å². The second kappa shape index (κ2) is 14.4. The quantitative estimate of drug-likeness (QED) is 0.143. The first-order valence-corrected chi connectivity index (χ1v) is 14.5. The van der Waals surface area contributed by atoms with Gasteiger partial charge in [-0.15, -0.1) is 0 Å². The van der Waals surface area contributed by atoms with Crippen LogP contribution in [0.5, 0.6) is 5.75 Å². The second-order valence-corrected chi connectivity index (χ2v) is 11.8. The predicted molar refractivity (Wildman–Crippen MR) is 156 cm³/mol. The fraction of sp³-hybridized carbons (Fsp3) is 0.357. The van der Waals surface area contributed by atoms with Crippen molar-refractivity contribution >= 4 is 28.7 Å². The molecule has 1 heterocycles. The number of hydrogen-bond donors (Lipinski definition) is 1. The largest absolute Gasteiger partial charge is 0.673 e. The van der Waals surface area contributed by atoms with Crippen LogP contribution in [0, 0.1) is 5.41 Å². The van der Waals surface area contributed by atoms with Gasteiger partial charge in [0.25, 0.3) is 0 Å². The molecule has 220 valence electrons. The van der Waals surface area contributed by atoms with Crippen molar-refractivity contribution in [1.82, 2.24) is 0 Å². The lowest BCUT2D eigenvalue weighted by Gasteiger charge is -2.32. The number of fused-ring (bicyclic) bond motifs is 1. The molecule has 0 radical (unpaired) electrons. The maximum atomic E-state index is 11.2. The van der Waals surface area contributed by atoms with Crippen LogP contribution in [-0.4, -0.2) is 39.1 Å². The summed E-state index contributed by atoms with van der Waals surface area (Å²) in [6, 6.07) is 16.2. The normalized spacial score (nSPS) is 15.6. The SMILES string of the molecule is CCN(CCCS(=O)(=O)[OH2+])c1ccc2c(c1)OC(C(C)(C)C)=CC2/C=C/C=C/Nc1ccccc1.F[B-](F)(F)F. The number of anilines is 2. The first-order chi connectivity index (χ1) is 18.6. The van der Waals surface area contributed by atoms with Gasteiger partial charge in [0, 0.05) is 53.6 Å². The van der Waals surface area contributed by atoms with E-state index in [1.165, 1.54) is 0 Å². The van der Waals surface area contributed by atoms with Crippen molar-refractivity contribution in [1.29, 1.82) is 0 Å². The summed E-state index contributed by atoms with van der Waals surface area (Å²) < 4.78 is 74.9. The third-order valence-corrected chi connectivity index (χ3v) is 6.61. The predicted octanol–water partition coefficient (Wildman–Crippen LogP) is 6.85. The molecule has 0 saturated heterocycles. The minimum absolute atomic E-state index is 0.0759. The molecule has 0 amide bonds. The molecule has 1 atom stereocenters. The van der Waals surface area contributed by atoms with Gasteiger partial charge in [-0.25, -0.2) is 0 Å². The van der Waals surface area contributed by atoms with E-state index < -0.39 is 17.4 Å². The van der Waals surface area contributed by atoms with Gasteiger partial charge in [0.15, 0.2) is 0 Å². The monoisotopic (exact) mass is 584 g/mol. The Labute approximate surface area is 234 Å². The number of rotatable bonds is 10. The highest BCUT2D eigenvalue weighted by atomic mass is 32.2. The molecule has 40 heavy (non-hydrogen) atoms. The molecule has 12 heteroatoms. The highest BCUT2D eigenvalue weighted by Crippen LogP contribution is 2.42. The highest BCUT2D eigenvalue weighted by molar-refractivity contribution is 7.85. The minimum atomic E-state index is -6.00. The van der Waals surface area contributed by atoms with Gasteiger partial charge in [0.1, 0.15) is 17.3 Å². The number of nitrogens with one attached hydrogen (secondary N) is 1. The third kappa shape index (κ3) is 12.3.